The summed E-state index contributed by atoms with van der Waals surface area (Å²) >= 11 is 1.19. The molecule has 1 saturated carbocycles. The quantitative estimate of drug-likeness (QED) is 0.564. The lowest BCUT2D eigenvalue weighted by Crippen LogP contribution is -2.35. The second-order valence-electron chi connectivity index (χ2n) is 7.03. The van der Waals surface area contributed by atoms with Gasteiger partial charge in [0.1, 0.15) is 4.91 Å². The summed E-state index contributed by atoms with van der Waals surface area (Å²) in [5.41, 5.74) is 3.57. The second kappa shape index (κ2) is 8.55. The summed E-state index contributed by atoms with van der Waals surface area (Å²) in [6.07, 6.45) is 2.91. The first-order valence-corrected chi connectivity index (χ1v) is 11.1. The summed E-state index contributed by atoms with van der Waals surface area (Å²) < 4.78 is 24.0. The number of carbonyl (C=O) groups excluding carboxylic acids is 2. The van der Waals surface area contributed by atoms with Gasteiger partial charge < -0.3 is 10.7 Å². The Morgan fingerprint density at radius 2 is 1.88 bits per heavy atom. The molecule has 25 heavy (non-hydrogen) atoms. The molecule has 2 aliphatic rings. The fourth-order valence-electron chi connectivity index (χ4n) is 3.07. The summed E-state index contributed by atoms with van der Waals surface area (Å²) in [7, 11) is -3.03. The van der Waals surface area contributed by atoms with Gasteiger partial charge in [-0.15, -0.1) is 0 Å². The van der Waals surface area contributed by atoms with Crippen LogP contribution in [-0.4, -0.2) is 37.7 Å². The van der Waals surface area contributed by atoms with Crippen molar-refractivity contribution in [3.8, 4) is 0 Å². The van der Waals surface area contributed by atoms with Crippen LogP contribution in [0.5, 0.6) is 0 Å². The molecule has 0 radical (unpaired) electrons. The summed E-state index contributed by atoms with van der Waals surface area (Å²) in [4.78, 5) is 27.7. The van der Waals surface area contributed by atoms with Crippen molar-refractivity contribution in [3.05, 3.63) is 10.6 Å². The number of nitrogens with one attached hydrogen (secondary N) is 3. The molecule has 1 aliphatic heterocycles. The standard InChI is InChI=1S/C16H27N3O4S2/c1-10(2)25(22,23)9-12-4-6-13(7-5-12)14(20)8-17-16(21)15-11(3)18-19-24-15/h10,12-13,18-19H,4-9H2,1-3H3,(H,17,21). The Bertz CT molecular complexity index is 650. The highest BCUT2D eigenvalue weighted by Crippen LogP contribution is 2.31. The fraction of sp³-hybridized carbons (Fsp3) is 0.750. The minimum atomic E-state index is -3.03. The van der Waals surface area contributed by atoms with Gasteiger partial charge in [-0.3, -0.25) is 9.59 Å². The fourth-order valence-corrected chi connectivity index (χ4v) is 5.12. The van der Waals surface area contributed by atoms with Crippen molar-refractivity contribution in [1.82, 2.24) is 15.6 Å². The first kappa shape index (κ1) is 20.3. The molecule has 1 heterocycles. The lowest BCUT2D eigenvalue weighted by Gasteiger charge is -2.28. The smallest absolute Gasteiger partial charge is 0.261 e. The van der Waals surface area contributed by atoms with E-state index >= 15 is 0 Å². The Labute approximate surface area is 153 Å². The van der Waals surface area contributed by atoms with Crippen molar-refractivity contribution in [1.29, 1.82) is 0 Å². The zero-order valence-electron chi connectivity index (χ0n) is 14.9. The Morgan fingerprint density at radius 3 is 2.40 bits per heavy atom. The molecular weight excluding hydrogens is 362 g/mol. The number of sulfone groups is 1. The third kappa shape index (κ3) is 5.46. The number of allylic oxidation sites excluding steroid dienone is 1. The summed E-state index contributed by atoms with van der Waals surface area (Å²) in [5.74, 6) is 0.0463. The van der Waals surface area contributed by atoms with E-state index in [1.54, 1.807) is 20.8 Å². The number of carbonyl (C=O) groups is 2. The molecule has 3 N–H and O–H groups in total. The molecule has 1 amide bonds. The molecule has 1 fully saturated rings. The van der Waals surface area contributed by atoms with Gasteiger partial charge in [-0.1, -0.05) is 0 Å². The lowest BCUT2D eigenvalue weighted by atomic mass is 9.81. The average molecular weight is 390 g/mol. The third-order valence-corrected chi connectivity index (χ3v) is 8.12. The van der Waals surface area contributed by atoms with Crippen LogP contribution in [0.15, 0.2) is 10.6 Å². The number of amides is 1. The van der Waals surface area contributed by atoms with Crippen molar-refractivity contribution in [3.63, 3.8) is 0 Å². The average Bonchev–Trinajstić information content (AvgIpc) is 2.98. The topological polar surface area (TPSA) is 104 Å². The number of Topliss-reactive ketones (excluding diaryl/α,β-unsaturated/α-hetero) is 1. The molecule has 9 heteroatoms. The molecule has 7 nitrogen and oxygen atoms in total. The van der Waals surface area contributed by atoms with Crippen LogP contribution < -0.4 is 15.6 Å². The Hall–Kier alpha value is -1.06. The molecule has 142 valence electrons. The van der Waals surface area contributed by atoms with Crippen molar-refractivity contribution in [2.24, 2.45) is 11.8 Å². The SMILES string of the molecule is CC1=C(C(=O)NCC(=O)C2CCC(CS(=O)(=O)C(C)C)CC2)SNN1. The van der Waals surface area contributed by atoms with Crippen molar-refractivity contribution in [2.75, 3.05) is 12.3 Å². The van der Waals surface area contributed by atoms with Crippen LogP contribution in [0, 0.1) is 11.8 Å². The van der Waals surface area contributed by atoms with Gasteiger partial charge in [0.15, 0.2) is 15.6 Å². The van der Waals surface area contributed by atoms with Gasteiger partial charge in [-0.2, -0.15) is 4.83 Å². The number of rotatable bonds is 7. The molecule has 0 unspecified atom stereocenters. The van der Waals surface area contributed by atoms with Gasteiger partial charge in [0.25, 0.3) is 5.91 Å². The number of hydrogen-bond acceptors (Lipinski definition) is 7. The maximum Gasteiger partial charge on any atom is 0.261 e. The number of hydrogen-bond donors (Lipinski definition) is 3. The van der Waals surface area contributed by atoms with Crippen LogP contribution in [0.3, 0.4) is 0 Å². The normalized spacial score (nSPS) is 24.3. The molecule has 0 aromatic carbocycles. The van der Waals surface area contributed by atoms with Crippen LogP contribution >= 0.6 is 11.9 Å². The van der Waals surface area contributed by atoms with Gasteiger partial charge in [-0.05, 0) is 64.3 Å². The first-order valence-electron chi connectivity index (χ1n) is 8.62. The van der Waals surface area contributed by atoms with Crippen molar-refractivity contribution >= 4 is 33.5 Å². The number of hydrazine groups is 1. The summed E-state index contributed by atoms with van der Waals surface area (Å²) in [6, 6.07) is 0. The number of ketones is 1. The predicted octanol–water partition coefficient (Wildman–Crippen LogP) is 1.29. The van der Waals surface area contributed by atoms with Crippen LogP contribution in [0.25, 0.3) is 0 Å². The summed E-state index contributed by atoms with van der Waals surface area (Å²) in [6.45, 7) is 5.22. The van der Waals surface area contributed by atoms with Crippen molar-refractivity contribution in [2.45, 2.75) is 51.7 Å². The highest BCUT2D eigenvalue weighted by Gasteiger charge is 2.30. The van der Waals surface area contributed by atoms with E-state index in [1.165, 1.54) is 11.9 Å². The zero-order valence-corrected chi connectivity index (χ0v) is 16.6. The van der Waals surface area contributed by atoms with Crippen LogP contribution in [0.1, 0.15) is 46.5 Å². The van der Waals surface area contributed by atoms with E-state index < -0.39 is 9.84 Å². The van der Waals surface area contributed by atoms with Crippen LogP contribution in [0.4, 0.5) is 0 Å². The van der Waals surface area contributed by atoms with E-state index in [2.05, 4.69) is 15.6 Å². The first-order chi connectivity index (χ1) is 11.7. The van der Waals surface area contributed by atoms with Gasteiger partial charge in [0.05, 0.1) is 17.5 Å². The van der Waals surface area contributed by atoms with E-state index in [9.17, 15) is 18.0 Å². The van der Waals surface area contributed by atoms with Crippen LogP contribution in [-0.2, 0) is 19.4 Å². The Kier molecular flexibility index (Phi) is 6.93. The Morgan fingerprint density at radius 1 is 1.24 bits per heavy atom. The minimum Gasteiger partial charge on any atom is -0.344 e. The molecule has 1 aliphatic carbocycles. The second-order valence-corrected chi connectivity index (χ2v) is 10.4. The van der Waals surface area contributed by atoms with Gasteiger partial charge >= 0.3 is 0 Å². The predicted molar refractivity (Wildman–Crippen MR) is 98.9 cm³/mol. The van der Waals surface area contributed by atoms with E-state index in [-0.39, 0.29) is 41.1 Å². The zero-order chi connectivity index (χ0) is 18.6. The monoisotopic (exact) mass is 389 g/mol. The summed E-state index contributed by atoms with van der Waals surface area (Å²) in [5, 5.41) is 2.32. The van der Waals surface area contributed by atoms with Crippen molar-refractivity contribution < 1.29 is 18.0 Å². The largest absolute Gasteiger partial charge is 0.344 e. The van der Waals surface area contributed by atoms with Gasteiger partial charge in [0, 0.05) is 11.6 Å². The van der Waals surface area contributed by atoms with E-state index in [1.807, 2.05) is 0 Å². The molecular formula is C16H27N3O4S2. The Balaban J connectivity index is 1.76. The molecule has 0 bridgehead atoms. The molecule has 0 aromatic heterocycles. The maximum absolute atomic E-state index is 12.3. The van der Waals surface area contributed by atoms with Crippen LogP contribution in [0.2, 0.25) is 0 Å². The molecule has 0 atom stereocenters. The van der Waals surface area contributed by atoms with E-state index in [0.29, 0.717) is 17.7 Å². The highest BCUT2D eigenvalue weighted by atomic mass is 32.2. The van der Waals surface area contributed by atoms with Gasteiger partial charge in [0.2, 0.25) is 0 Å². The van der Waals surface area contributed by atoms with Gasteiger partial charge in [-0.25, -0.2) is 8.42 Å². The highest BCUT2D eigenvalue weighted by molar-refractivity contribution is 8.02. The molecule has 2 rings (SSSR count). The molecule has 0 saturated heterocycles. The third-order valence-electron chi connectivity index (χ3n) is 4.85. The maximum atomic E-state index is 12.3. The molecule has 0 aromatic rings. The van der Waals surface area contributed by atoms with E-state index in [4.69, 9.17) is 0 Å². The molecule has 0 spiro atoms. The lowest BCUT2D eigenvalue weighted by molar-refractivity contribution is -0.126. The van der Waals surface area contributed by atoms with E-state index in [0.717, 1.165) is 18.5 Å². The minimum absolute atomic E-state index is 0.0236.